The third-order valence-corrected chi connectivity index (χ3v) is 3.78. The summed E-state index contributed by atoms with van der Waals surface area (Å²) in [7, 11) is 0. The van der Waals surface area contributed by atoms with Gasteiger partial charge in [0.25, 0.3) is 0 Å². The number of anilines is 1. The van der Waals surface area contributed by atoms with Gasteiger partial charge in [0, 0.05) is 19.1 Å². The van der Waals surface area contributed by atoms with Gasteiger partial charge in [0.1, 0.15) is 5.82 Å². The molecule has 1 atom stereocenters. The van der Waals surface area contributed by atoms with Crippen molar-refractivity contribution in [1.82, 2.24) is 0 Å². The number of hydrogen-bond acceptors (Lipinski definition) is 2. The van der Waals surface area contributed by atoms with Crippen LogP contribution < -0.4 is 10.6 Å². The predicted molar refractivity (Wildman–Crippen MR) is 90.1 cm³/mol. The third kappa shape index (κ3) is 5.66. The van der Waals surface area contributed by atoms with E-state index < -0.39 is 0 Å². The SMILES string of the molecule is CC(C)CCN(CCC(C)C)c1c(F)cccc1C(C)N. The zero-order valence-electron chi connectivity index (χ0n) is 14.2. The lowest BCUT2D eigenvalue weighted by molar-refractivity contribution is 0.524. The van der Waals surface area contributed by atoms with Gasteiger partial charge in [-0.15, -0.1) is 0 Å². The van der Waals surface area contributed by atoms with E-state index in [1.165, 1.54) is 0 Å². The standard InChI is InChI=1S/C18H31FN2/c1-13(2)9-11-21(12-10-14(3)4)18-16(15(5)20)7-6-8-17(18)19/h6-8,13-15H,9-12,20H2,1-5H3. The second-order valence-electron chi connectivity index (χ2n) is 6.82. The normalized spacial score (nSPS) is 13.0. The molecular weight excluding hydrogens is 263 g/mol. The lowest BCUT2D eigenvalue weighted by Gasteiger charge is -2.30. The Balaban J connectivity index is 3.05. The maximum absolute atomic E-state index is 14.4. The van der Waals surface area contributed by atoms with E-state index in [2.05, 4.69) is 32.6 Å². The van der Waals surface area contributed by atoms with E-state index in [4.69, 9.17) is 5.73 Å². The highest BCUT2D eigenvalue weighted by Gasteiger charge is 2.18. The molecule has 2 nitrogen and oxygen atoms in total. The van der Waals surface area contributed by atoms with Crippen molar-refractivity contribution in [2.24, 2.45) is 17.6 Å². The fraction of sp³-hybridized carbons (Fsp3) is 0.667. The maximum Gasteiger partial charge on any atom is 0.146 e. The van der Waals surface area contributed by atoms with Crippen molar-refractivity contribution in [1.29, 1.82) is 0 Å². The van der Waals surface area contributed by atoms with Gasteiger partial charge in [-0.3, -0.25) is 0 Å². The average Bonchev–Trinajstić information content (AvgIpc) is 2.38. The summed E-state index contributed by atoms with van der Waals surface area (Å²) >= 11 is 0. The Morgan fingerprint density at radius 2 is 1.52 bits per heavy atom. The van der Waals surface area contributed by atoms with Gasteiger partial charge in [-0.25, -0.2) is 4.39 Å². The van der Waals surface area contributed by atoms with Gasteiger partial charge in [0.05, 0.1) is 5.69 Å². The molecule has 0 aliphatic rings. The zero-order valence-corrected chi connectivity index (χ0v) is 14.2. The van der Waals surface area contributed by atoms with Crippen molar-refractivity contribution in [3.8, 4) is 0 Å². The Labute approximate surface area is 129 Å². The minimum absolute atomic E-state index is 0.155. The maximum atomic E-state index is 14.4. The predicted octanol–water partition coefficient (Wildman–Crippen LogP) is 4.74. The first-order chi connectivity index (χ1) is 9.82. The summed E-state index contributed by atoms with van der Waals surface area (Å²) in [5.41, 5.74) is 7.65. The summed E-state index contributed by atoms with van der Waals surface area (Å²) in [5.74, 6) is 1.06. The van der Waals surface area contributed by atoms with Crippen LogP contribution in [-0.2, 0) is 0 Å². The van der Waals surface area contributed by atoms with Crippen molar-refractivity contribution in [3.63, 3.8) is 0 Å². The molecule has 3 heteroatoms. The van der Waals surface area contributed by atoms with Crippen LogP contribution in [0.25, 0.3) is 0 Å². The molecule has 0 spiro atoms. The number of nitrogens with zero attached hydrogens (tertiary/aromatic N) is 1. The topological polar surface area (TPSA) is 29.3 Å². The molecule has 0 aliphatic heterocycles. The van der Waals surface area contributed by atoms with Gasteiger partial charge in [-0.2, -0.15) is 0 Å². The highest BCUT2D eigenvalue weighted by molar-refractivity contribution is 5.56. The molecule has 0 saturated carbocycles. The van der Waals surface area contributed by atoms with Gasteiger partial charge in [-0.05, 0) is 43.2 Å². The summed E-state index contributed by atoms with van der Waals surface area (Å²) in [6.45, 7) is 12.5. The van der Waals surface area contributed by atoms with Crippen LogP contribution in [0.5, 0.6) is 0 Å². The van der Waals surface area contributed by atoms with Crippen LogP contribution in [-0.4, -0.2) is 13.1 Å². The van der Waals surface area contributed by atoms with Crippen LogP contribution in [0.3, 0.4) is 0 Å². The highest BCUT2D eigenvalue weighted by Crippen LogP contribution is 2.29. The molecule has 0 heterocycles. The highest BCUT2D eigenvalue weighted by atomic mass is 19.1. The first kappa shape index (κ1) is 18.0. The molecule has 0 bridgehead atoms. The van der Waals surface area contributed by atoms with Crippen LogP contribution in [0.4, 0.5) is 10.1 Å². The zero-order chi connectivity index (χ0) is 16.0. The minimum Gasteiger partial charge on any atom is -0.369 e. The number of rotatable bonds is 8. The van der Waals surface area contributed by atoms with Gasteiger partial charge in [0.15, 0.2) is 0 Å². The molecule has 0 saturated heterocycles. The van der Waals surface area contributed by atoms with Crippen LogP contribution in [0.1, 0.15) is 59.1 Å². The molecular formula is C18H31FN2. The van der Waals surface area contributed by atoms with Crippen molar-refractivity contribution in [2.75, 3.05) is 18.0 Å². The van der Waals surface area contributed by atoms with Crippen LogP contribution in [0.15, 0.2) is 18.2 Å². The minimum atomic E-state index is -0.156. The fourth-order valence-corrected chi connectivity index (χ4v) is 2.40. The molecule has 0 amide bonds. The van der Waals surface area contributed by atoms with Crippen molar-refractivity contribution in [3.05, 3.63) is 29.6 Å². The van der Waals surface area contributed by atoms with Crippen LogP contribution in [0.2, 0.25) is 0 Å². The Kier molecular flexibility index (Phi) is 7.16. The van der Waals surface area contributed by atoms with E-state index in [0.29, 0.717) is 17.5 Å². The van der Waals surface area contributed by atoms with Crippen LogP contribution in [0, 0.1) is 17.7 Å². The smallest absolute Gasteiger partial charge is 0.146 e. The molecule has 120 valence electrons. The Morgan fingerprint density at radius 3 is 1.95 bits per heavy atom. The first-order valence-electron chi connectivity index (χ1n) is 8.11. The molecule has 1 unspecified atom stereocenters. The second-order valence-corrected chi connectivity index (χ2v) is 6.82. The summed E-state index contributed by atoms with van der Waals surface area (Å²) < 4.78 is 14.4. The Morgan fingerprint density at radius 1 is 1.00 bits per heavy atom. The molecule has 0 aromatic heterocycles. The van der Waals surface area contributed by atoms with Crippen LogP contribution >= 0.6 is 0 Å². The Hall–Kier alpha value is -1.09. The molecule has 1 aromatic carbocycles. The fourth-order valence-electron chi connectivity index (χ4n) is 2.40. The molecule has 1 aromatic rings. The lowest BCUT2D eigenvalue weighted by atomic mass is 10.0. The second kappa shape index (κ2) is 8.38. The summed E-state index contributed by atoms with van der Waals surface area (Å²) in [6, 6.07) is 5.08. The van der Waals surface area contributed by atoms with Gasteiger partial charge >= 0.3 is 0 Å². The van der Waals surface area contributed by atoms with Gasteiger partial charge in [0.2, 0.25) is 0 Å². The number of nitrogens with two attached hydrogens (primary N) is 1. The number of benzene rings is 1. The Bertz CT molecular complexity index is 415. The van der Waals surface area contributed by atoms with E-state index in [1.54, 1.807) is 12.1 Å². The summed E-state index contributed by atoms with van der Waals surface area (Å²) in [5, 5.41) is 0. The van der Waals surface area contributed by atoms with E-state index in [-0.39, 0.29) is 11.9 Å². The van der Waals surface area contributed by atoms with E-state index in [9.17, 15) is 4.39 Å². The van der Waals surface area contributed by atoms with E-state index in [1.807, 2.05) is 13.0 Å². The van der Waals surface area contributed by atoms with Gasteiger partial charge in [-0.1, -0.05) is 39.8 Å². The number of hydrogen-bond donors (Lipinski definition) is 1. The average molecular weight is 294 g/mol. The molecule has 21 heavy (non-hydrogen) atoms. The van der Waals surface area contributed by atoms with E-state index in [0.717, 1.165) is 31.5 Å². The van der Waals surface area contributed by atoms with E-state index >= 15 is 0 Å². The van der Waals surface area contributed by atoms with Crippen molar-refractivity contribution < 1.29 is 4.39 Å². The molecule has 0 radical (unpaired) electrons. The number of para-hydroxylation sites is 1. The third-order valence-electron chi connectivity index (χ3n) is 3.78. The van der Waals surface area contributed by atoms with Crippen molar-refractivity contribution in [2.45, 2.75) is 53.5 Å². The molecule has 0 fully saturated rings. The van der Waals surface area contributed by atoms with Gasteiger partial charge < -0.3 is 10.6 Å². The summed E-state index contributed by atoms with van der Waals surface area (Å²) in [4.78, 5) is 2.19. The quantitative estimate of drug-likeness (QED) is 0.750. The van der Waals surface area contributed by atoms with Crippen molar-refractivity contribution >= 4 is 5.69 Å². The summed E-state index contributed by atoms with van der Waals surface area (Å²) in [6.07, 6.45) is 2.12. The first-order valence-corrected chi connectivity index (χ1v) is 8.11. The number of halogens is 1. The monoisotopic (exact) mass is 294 g/mol. The lowest BCUT2D eigenvalue weighted by Crippen LogP contribution is -2.30. The molecule has 0 aliphatic carbocycles. The largest absolute Gasteiger partial charge is 0.369 e. The molecule has 2 N–H and O–H groups in total. The molecule has 1 rings (SSSR count).